The number of carbonyl (C=O) groups excluding carboxylic acids is 1. The van der Waals surface area contributed by atoms with E-state index in [1.54, 1.807) is 0 Å². The Bertz CT molecular complexity index is 744. The summed E-state index contributed by atoms with van der Waals surface area (Å²) < 4.78 is 0. The summed E-state index contributed by atoms with van der Waals surface area (Å²) in [6.45, 7) is 0. The van der Waals surface area contributed by atoms with E-state index in [2.05, 4.69) is 33.0 Å². The lowest BCUT2D eigenvalue weighted by atomic mass is 10.1. The van der Waals surface area contributed by atoms with Gasteiger partial charge in [-0.15, -0.1) is 11.3 Å². The first-order chi connectivity index (χ1) is 11.7. The molecular formula is C19H19BrN2OS. The van der Waals surface area contributed by atoms with Crippen LogP contribution in [0.1, 0.15) is 16.8 Å². The van der Waals surface area contributed by atoms with E-state index in [-0.39, 0.29) is 5.78 Å². The molecule has 2 N–H and O–H groups in total. The Morgan fingerprint density at radius 1 is 1.00 bits per heavy atom. The van der Waals surface area contributed by atoms with Crippen LogP contribution in [0.25, 0.3) is 0 Å². The predicted molar refractivity (Wildman–Crippen MR) is 105 cm³/mol. The number of alkyl halides is 1. The van der Waals surface area contributed by atoms with Gasteiger partial charge in [-0.05, 0) is 11.1 Å². The molecule has 0 radical (unpaired) electrons. The zero-order chi connectivity index (χ0) is 17.2. The number of thiazole rings is 1. The lowest BCUT2D eigenvalue weighted by Gasteiger charge is -1.95. The molecule has 0 aliphatic rings. The van der Waals surface area contributed by atoms with Crippen LogP contribution in [0.15, 0.2) is 66.0 Å². The van der Waals surface area contributed by atoms with Crippen molar-refractivity contribution in [2.75, 3.05) is 11.1 Å². The molecule has 0 unspecified atom stereocenters. The van der Waals surface area contributed by atoms with Gasteiger partial charge in [-0.3, -0.25) is 4.79 Å². The molecule has 2 aromatic carbocycles. The van der Waals surface area contributed by atoms with Gasteiger partial charge in [-0.1, -0.05) is 76.6 Å². The number of halogens is 1. The number of anilines is 1. The lowest BCUT2D eigenvalue weighted by Crippen LogP contribution is -2.02. The summed E-state index contributed by atoms with van der Waals surface area (Å²) in [5.41, 5.74) is 8.94. The van der Waals surface area contributed by atoms with E-state index in [0.717, 1.165) is 17.7 Å². The highest BCUT2D eigenvalue weighted by Crippen LogP contribution is 2.14. The van der Waals surface area contributed by atoms with Crippen LogP contribution in [0.5, 0.6) is 0 Å². The van der Waals surface area contributed by atoms with Gasteiger partial charge in [0.25, 0.3) is 0 Å². The van der Waals surface area contributed by atoms with Gasteiger partial charge in [0, 0.05) is 18.2 Å². The summed E-state index contributed by atoms with van der Waals surface area (Å²) in [5.74, 6) is 0.219. The summed E-state index contributed by atoms with van der Waals surface area (Å²) in [5, 5.41) is 3.09. The van der Waals surface area contributed by atoms with Gasteiger partial charge in [0.15, 0.2) is 5.13 Å². The van der Waals surface area contributed by atoms with E-state index in [0.29, 0.717) is 16.9 Å². The Morgan fingerprint density at radius 2 is 1.58 bits per heavy atom. The van der Waals surface area contributed by atoms with Crippen LogP contribution in [0.3, 0.4) is 0 Å². The Morgan fingerprint density at radius 3 is 2.08 bits per heavy atom. The first-order valence-electron chi connectivity index (χ1n) is 7.52. The first-order valence-corrected chi connectivity index (χ1v) is 9.53. The third-order valence-corrected chi connectivity index (χ3v) is 4.54. The normalized spacial score (nSPS) is 9.88. The van der Waals surface area contributed by atoms with E-state index >= 15 is 0 Å². The summed E-state index contributed by atoms with van der Waals surface area (Å²) in [4.78, 5) is 15.1. The molecular weight excluding hydrogens is 384 g/mol. The van der Waals surface area contributed by atoms with Gasteiger partial charge in [0.2, 0.25) is 0 Å². The van der Waals surface area contributed by atoms with Crippen LogP contribution < -0.4 is 5.73 Å². The molecule has 3 rings (SSSR count). The molecule has 0 fully saturated rings. The van der Waals surface area contributed by atoms with Crippen molar-refractivity contribution in [1.82, 2.24) is 4.98 Å². The number of Topliss-reactive ketones (excluding diaryl/α,β-unsaturated/α-hetero) is 1. The van der Waals surface area contributed by atoms with Crippen molar-refractivity contribution < 1.29 is 4.79 Å². The zero-order valence-electron chi connectivity index (χ0n) is 13.2. The molecule has 0 amide bonds. The quantitative estimate of drug-likeness (QED) is 0.638. The van der Waals surface area contributed by atoms with Crippen LogP contribution in [-0.4, -0.2) is 16.1 Å². The standard InChI is InChI=1S/C10H10N2S.C9H9BrO/c11-10-12-9(7-13-10)6-8-4-2-1-3-5-8;10-7-9(11)6-8-4-2-1-3-5-8/h1-5,7H,6H2,(H2,11,12);1-5H,6-7H2. The van der Waals surface area contributed by atoms with Crippen LogP contribution in [0.2, 0.25) is 0 Å². The molecule has 0 aliphatic carbocycles. The maximum absolute atomic E-state index is 10.9. The van der Waals surface area contributed by atoms with Crippen molar-refractivity contribution in [1.29, 1.82) is 0 Å². The maximum Gasteiger partial charge on any atom is 0.180 e. The summed E-state index contributed by atoms with van der Waals surface area (Å²) in [6.07, 6.45) is 1.40. The van der Waals surface area contributed by atoms with Crippen molar-refractivity contribution in [2.45, 2.75) is 12.8 Å². The third-order valence-electron chi connectivity index (χ3n) is 3.19. The number of hydrogen-bond acceptors (Lipinski definition) is 4. The Labute approximate surface area is 154 Å². The van der Waals surface area contributed by atoms with Gasteiger partial charge in [-0.2, -0.15) is 0 Å². The zero-order valence-corrected chi connectivity index (χ0v) is 15.6. The molecule has 0 saturated heterocycles. The minimum Gasteiger partial charge on any atom is -0.375 e. The number of aromatic nitrogens is 1. The number of ketones is 1. The maximum atomic E-state index is 10.9. The van der Waals surface area contributed by atoms with E-state index in [9.17, 15) is 4.79 Å². The second-order valence-electron chi connectivity index (χ2n) is 5.17. The number of carbonyl (C=O) groups is 1. The Balaban J connectivity index is 0.000000177. The number of benzene rings is 2. The molecule has 24 heavy (non-hydrogen) atoms. The molecule has 1 heterocycles. The molecule has 0 aliphatic heterocycles. The smallest absolute Gasteiger partial charge is 0.180 e. The molecule has 1 aromatic heterocycles. The topological polar surface area (TPSA) is 56.0 Å². The number of nitrogen functional groups attached to an aromatic ring is 1. The fourth-order valence-electron chi connectivity index (χ4n) is 2.08. The van der Waals surface area contributed by atoms with Gasteiger partial charge in [-0.25, -0.2) is 4.98 Å². The Kier molecular flexibility index (Phi) is 7.65. The van der Waals surface area contributed by atoms with Gasteiger partial charge in [0.05, 0.1) is 11.0 Å². The van der Waals surface area contributed by atoms with Crippen LogP contribution in [0.4, 0.5) is 5.13 Å². The Hall–Kier alpha value is -1.98. The molecule has 0 spiro atoms. The van der Waals surface area contributed by atoms with E-state index in [1.165, 1.54) is 16.9 Å². The average molecular weight is 403 g/mol. The van der Waals surface area contributed by atoms with E-state index < -0.39 is 0 Å². The molecule has 3 nitrogen and oxygen atoms in total. The van der Waals surface area contributed by atoms with Crippen molar-refractivity contribution >= 4 is 38.2 Å². The highest BCUT2D eigenvalue weighted by atomic mass is 79.9. The van der Waals surface area contributed by atoms with Gasteiger partial charge < -0.3 is 5.73 Å². The first kappa shape index (κ1) is 18.4. The van der Waals surface area contributed by atoms with Crippen molar-refractivity contribution in [3.63, 3.8) is 0 Å². The van der Waals surface area contributed by atoms with Crippen molar-refractivity contribution in [2.24, 2.45) is 0 Å². The van der Waals surface area contributed by atoms with Crippen LogP contribution in [-0.2, 0) is 17.6 Å². The van der Waals surface area contributed by atoms with E-state index in [4.69, 9.17) is 5.73 Å². The van der Waals surface area contributed by atoms with Gasteiger partial charge in [0.1, 0.15) is 5.78 Å². The molecule has 0 bridgehead atoms. The highest BCUT2D eigenvalue weighted by Gasteiger charge is 2.00. The van der Waals surface area contributed by atoms with Crippen LogP contribution in [0, 0.1) is 0 Å². The number of rotatable bonds is 5. The minimum absolute atomic E-state index is 0.219. The number of nitrogens with two attached hydrogens (primary N) is 1. The molecule has 0 saturated carbocycles. The predicted octanol–water partition coefficient (Wildman–Crippen LogP) is 4.51. The molecule has 124 valence electrons. The van der Waals surface area contributed by atoms with E-state index in [1.807, 2.05) is 53.9 Å². The lowest BCUT2D eigenvalue weighted by molar-refractivity contribution is -0.115. The molecule has 5 heteroatoms. The number of hydrogen-bond donors (Lipinski definition) is 1. The second kappa shape index (κ2) is 10.0. The summed E-state index contributed by atoms with van der Waals surface area (Å²) >= 11 is 4.61. The summed E-state index contributed by atoms with van der Waals surface area (Å²) in [7, 11) is 0. The number of nitrogens with zero attached hydrogens (tertiary/aromatic N) is 1. The SMILES string of the molecule is Nc1nc(Cc2ccccc2)cs1.O=C(CBr)Cc1ccccc1. The largest absolute Gasteiger partial charge is 0.375 e. The van der Waals surface area contributed by atoms with Crippen molar-refractivity contribution in [3.8, 4) is 0 Å². The average Bonchev–Trinajstić information content (AvgIpc) is 3.02. The van der Waals surface area contributed by atoms with Gasteiger partial charge >= 0.3 is 0 Å². The van der Waals surface area contributed by atoms with Crippen molar-refractivity contribution in [3.05, 3.63) is 82.9 Å². The molecule has 3 aromatic rings. The highest BCUT2D eigenvalue weighted by molar-refractivity contribution is 9.09. The fraction of sp³-hybridized carbons (Fsp3) is 0.158. The van der Waals surface area contributed by atoms with Crippen LogP contribution >= 0.6 is 27.3 Å². The fourth-order valence-corrected chi connectivity index (χ4v) is 2.84. The monoisotopic (exact) mass is 402 g/mol. The second-order valence-corrected chi connectivity index (χ2v) is 6.62. The third kappa shape index (κ3) is 6.64. The summed E-state index contributed by atoms with van der Waals surface area (Å²) in [6, 6.07) is 20.0. The minimum atomic E-state index is 0.219. The molecule has 0 atom stereocenters.